The standard InChI is InChI=1S/C9H15NO6S/c11-6(9(13)14)5-10-8(12)7-3-1-2-4-17(7,15)16/h6-7,11H,1-5H2,(H,10,12)(H,13,14). The summed E-state index contributed by atoms with van der Waals surface area (Å²) in [5.74, 6) is -2.21. The Hall–Kier alpha value is -1.15. The Bertz CT molecular complexity index is 404. The number of carbonyl (C=O) groups is 2. The normalized spacial score (nSPS) is 24.9. The van der Waals surface area contributed by atoms with Crippen molar-refractivity contribution in [2.45, 2.75) is 30.6 Å². The van der Waals surface area contributed by atoms with E-state index >= 15 is 0 Å². The summed E-state index contributed by atoms with van der Waals surface area (Å²) in [5, 5.41) is 18.4. The van der Waals surface area contributed by atoms with E-state index in [1.165, 1.54) is 0 Å². The fourth-order valence-corrected chi connectivity index (χ4v) is 3.47. The van der Waals surface area contributed by atoms with Crippen molar-refractivity contribution in [2.24, 2.45) is 0 Å². The number of amides is 1. The van der Waals surface area contributed by atoms with Gasteiger partial charge >= 0.3 is 5.97 Å². The minimum Gasteiger partial charge on any atom is -0.479 e. The second kappa shape index (κ2) is 5.46. The van der Waals surface area contributed by atoms with Gasteiger partial charge in [0.15, 0.2) is 15.9 Å². The van der Waals surface area contributed by atoms with Gasteiger partial charge < -0.3 is 15.5 Å². The van der Waals surface area contributed by atoms with E-state index in [2.05, 4.69) is 5.32 Å². The average Bonchev–Trinajstić information content (AvgIpc) is 2.24. The summed E-state index contributed by atoms with van der Waals surface area (Å²) in [6, 6.07) is 0. The van der Waals surface area contributed by atoms with Crippen LogP contribution in [0.15, 0.2) is 0 Å². The van der Waals surface area contributed by atoms with Crippen LogP contribution in [0.4, 0.5) is 0 Å². The van der Waals surface area contributed by atoms with Crippen molar-refractivity contribution in [1.29, 1.82) is 0 Å². The molecule has 1 saturated heterocycles. The number of hydrogen-bond donors (Lipinski definition) is 3. The van der Waals surface area contributed by atoms with Crippen molar-refractivity contribution in [3.05, 3.63) is 0 Å². The minimum atomic E-state index is -3.43. The van der Waals surface area contributed by atoms with Crippen LogP contribution in [0.2, 0.25) is 0 Å². The van der Waals surface area contributed by atoms with E-state index in [1.807, 2.05) is 0 Å². The van der Waals surface area contributed by atoms with Crippen LogP contribution in [0.25, 0.3) is 0 Å². The fraction of sp³-hybridized carbons (Fsp3) is 0.778. The van der Waals surface area contributed by atoms with Gasteiger partial charge in [-0.3, -0.25) is 4.79 Å². The van der Waals surface area contributed by atoms with E-state index in [1.54, 1.807) is 0 Å². The van der Waals surface area contributed by atoms with Crippen LogP contribution in [-0.2, 0) is 19.4 Å². The molecule has 0 aliphatic carbocycles. The SMILES string of the molecule is O=C(O)C(O)CNC(=O)C1CCCCS1(=O)=O. The number of carbonyl (C=O) groups excluding carboxylic acids is 1. The highest BCUT2D eigenvalue weighted by atomic mass is 32.2. The van der Waals surface area contributed by atoms with Crippen LogP contribution in [0, 0.1) is 0 Å². The summed E-state index contributed by atoms with van der Waals surface area (Å²) in [5.41, 5.74) is 0. The Morgan fingerprint density at radius 1 is 1.35 bits per heavy atom. The summed E-state index contributed by atoms with van der Waals surface area (Å²) in [6.45, 7) is -0.486. The van der Waals surface area contributed by atoms with Gasteiger partial charge in [0.1, 0.15) is 5.25 Å². The largest absolute Gasteiger partial charge is 0.479 e. The van der Waals surface area contributed by atoms with E-state index in [0.717, 1.165) is 0 Å². The molecule has 0 aromatic rings. The first kappa shape index (κ1) is 13.9. The topological polar surface area (TPSA) is 121 Å². The van der Waals surface area contributed by atoms with E-state index in [0.29, 0.717) is 12.8 Å². The number of sulfone groups is 1. The van der Waals surface area contributed by atoms with Crippen LogP contribution in [-0.4, -0.2) is 54.2 Å². The second-order valence-corrected chi connectivity index (χ2v) is 6.25. The van der Waals surface area contributed by atoms with Crippen LogP contribution in [0.1, 0.15) is 19.3 Å². The molecule has 7 nitrogen and oxygen atoms in total. The molecule has 0 spiro atoms. The van der Waals surface area contributed by atoms with Gasteiger partial charge in [0, 0.05) is 0 Å². The van der Waals surface area contributed by atoms with Gasteiger partial charge in [0.25, 0.3) is 0 Å². The highest BCUT2D eigenvalue weighted by Gasteiger charge is 2.34. The van der Waals surface area contributed by atoms with Crippen molar-refractivity contribution in [2.75, 3.05) is 12.3 Å². The smallest absolute Gasteiger partial charge is 0.334 e. The lowest BCUT2D eigenvalue weighted by molar-refractivity contribution is -0.146. The molecule has 1 heterocycles. The summed E-state index contributed by atoms with van der Waals surface area (Å²) < 4.78 is 23.1. The molecule has 1 rings (SSSR count). The Kier molecular flexibility index (Phi) is 4.47. The Balaban J connectivity index is 2.55. The summed E-state index contributed by atoms with van der Waals surface area (Å²) >= 11 is 0. The lowest BCUT2D eigenvalue weighted by Gasteiger charge is -2.21. The zero-order valence-corrected chi connectivity index (χ0v) is 9.94. The lowest BCUT2D eigenvalue weighted by Crippen LogP contribution is -2.46. The number of carboxylic acid groups (broad SMARTS) is 1. The zero-order valence-electron chi connectivity index (χ0n) is 9.13. The van der Waals surface area contributed by atoms with Gasteiger partial charge in [0.05, 0.1) is 12.3 Å². The van der Waals surface area contributed by atoms with Gasteiger partial charge in [-0.1, -0.05) is 6.42 Å². The molecule has 8 heteroatoms. The molecule has 98 valence electrons. The molecule has 0 saturated carbocycles. The molecule has 0 aromatic carbocycles. The first-order valence-corrected chi connectivity index (χ1v) is 6.96. The maximum Gasteiger partial charge on any atom is 0.334 e. The van der Waals surface area contributed by atoms with Gasteiger partial charge in [0.2, 0.25) is 5.91 Å². The third-order valence-corrected chi connectivity index (χ3v) is 4.80. The summed E-state index contributed by atoms with van der Waals surface area (Å²) in [4.78, 5) is 21.8. The molecule has 1 fully saturated rings. The molecule has 0 aromatic heterocycles. The van der Waals surface area contributed by atoms with Crippen molar-refractivity contribution in [1.82, 2.24) is 5.32 Å². The lowest BCUT2D eigenvalue weighted by atomic mass is 10.2. The van der Waals surface area contributed by atoms with Crippen molar-refractivity contribution in [3.63, 3.8) is 0 Å². The Morgan fingerprint density at radius 2 is 2.00 bits per heavy atom. The highest BCUT2D eigenvalue weighted by Crippen LogP contribution is 2.19. The van der Waals surface area contributed by atoms with Crippen LogP contribution < -0.4 is 5.32 Å². The second-order valence-electron chi connectivity index (χ2n) is 3.95. The monoisotopic (exact) mass is 265 g/mol. The summed E-state index contributed by atoms with van der Waals surface area (Å²) in [6.07, 6.45) is -0.273. The van der Waals surface area contributed by atoms with E-state index < -0.39 is 39.6 Å². The highest BCUT2D eigenvalue weighted by molar-refractivity contribution is 7.92. The van der Waals surface area contributed by atoms with Gasteiger partial charge in [-0.15, -0.1) is 0 Å². The molecule has 2 atom stereocenters. The fourth-order valence-electron chi connectivity index (χ4n) is 1.65. The van der Waals surface area contributed by atoms with Gasteiger partial charge in [-0.05, 0) is 12.8 Å². The minimum absolute atomic E-state index is 0.0213. The third kappa shape index (κ3) is 3.67. The zero-order chi connectivity index (χ0) is 13.1. The maximum atomic E-state index is 11.6. The maximum absolute atomic E-state index is 11.6. The summed E-state index contributed by atoms with van der Waals surface area (Å²) in [7, 11) is -3.43. The Morgan fingerprint density at radius 3 is 2.53 bits per heavy atom. The third-order valence-electron chi connectivity index (χ3n) is 2.63. The number of aliphatic carboxylic acids is 1. The molecule has 1 aliphatic heterocycles. The first-order valence-electron chi connectivity index (χ1n) is 5.25. The molecular formula is C9H15NO6S. The molecule has 1 amide bonds. The molecule has 0 radical (unpaired) electrons. The molecule has 0 bridgehead atoms. The Labute approximate surface area is 98.7 Å². The van der Waals surface area contributed by atoms with E-state index in [-0.39, 0.29) is 12.2 Å². The average molecular weight is 265 g/mol. The van der Waals surface area contributed by atoms with Gasteiger partial charge in [-0.25, -0.2) is 13.2 Å². The van der Waals surface area contributed by atoms with Crippen LogP contribution >= 0.6 is 0 Å². The number of nitrogens with one attached hydrogen (secondary N) is 1. The van der Waals surface area contributed by atoms with Crippen molar-refractivity contribution < 1.29 is 28.2 Å². The molecule has 1 aliphatic rings. The predicted molar refractivity (Wildman–Crippen MR) is 58.1 cm³/mol. The van der Waals surface area contributed by atoms with Crippen LogP contribution in [0.3, 0.4) is 0 Å². The molecule has 17 heavy (non-hydrogen) atoms. The predicted octanol–water partition coefficient (Wildman–Crippen LogP) is -1.48. The van der Waals surface area contributed by atoms with Crippen LogP contribution in [0.5, 0.6) is 0 Å². The first-order chi connectivity index (χ1) is 7.84. The number of aliphatic hydroxyl groups excluding tert-OH is 1. The van der Waals surface area contributed by atoms with E-state index in [4.69, 9.17) is 10.2 Å². The number of aliphatic hydroxyl groups is 1. The molecule has 2 unspecified atom stereocenters. The quantitative estimate of drug-likeness (QED) is 0.570. The number of carboxylic acids is 1. The number of rotatable bonds is 4. The number of hydrogen-bond acceptors (Lipinski definition) is 5. The molecular weight excluding hydrogens is 250 g/mol. The molecule has 3 N–H and O–H groups in total. The van der Waals surface area contributed by atoms with Crippen molar-refractivity contribution >= 4 is 21.7 Å². The van der Waals surface area contributed by atoms with Crippen molar-refractivity contribution in [3.8, 4) is 0 Å². The van der Waals surface area contributed by atoms with Gasteiger partial charge in [-0.2, -0.15) is 0 Å². The van der Waals surface area contributed by atoms with E-state index in [9.17, 15) is 18.0 Å².